The maximum absolute atomic E-state index is 13.3. The van der Waals surface area contributed by atoms with E-state index in [0.29, 0.717) is 6.42 Å². The minimum absolute atomic E-state index is 0.0662. The number of amides is 7. The van der Waals surface area contributed by atoms with E-state index in [1.54, 1.807) is 13.8 Å². The third kappa shape index (κ3) is 11.7. The summed E-state index contributed by atoms with van der Waals surface area (Å²) in [5.74, 6) is -8.04. The van der Waals surface area contributed by atoms with Crippen LogP contribution >= 0.6 is 0 Å². The van der Waals surface area contributed by atoms with Crippen LogP contribution < -0.4 is 38.5 Å². The number of primary amides is 2. The molecule has 18 nitrogen and oxygen atoms in total. The first-order chi connectivity index (χ1) is 20.0. The van der Waals surface area contributed by atoms with Crippen molar-refractivity contribution in [3.8, 4) is 0 Å². The van der Waals surface area contributed by atoms with Gasteiger partial charge in [0.15, 0.2) is 0 Å². The lowest BCUT2D eigenvalue weighted by atomic mass is 10.0. The van der Waals surface area contributed by atoms with Crippen molar-refractivity contribution >= 4 is 53.6 Å². The molecule has 0 saturated carbocycles. The van der Waals surface area contributed by atoms with Crippen LogP contribution in [0.3, 0.4) is 0 Å². The van der Waals surface area contributed by atoms with E-state index in [0.717, 1.165) is 4.90 Å². The maximum atomic E-state index is 13.3. The molecule has 7 amide bonds. The van der Waals surface area contributed by atoms with Gasteiger partial charge in [0.05, 0.1) is 31.3 Å². The Morgan fingerprint density at radius 3 is 1.91 bits per heavy atom. The molecule has 0 radical (unpaired) electrons. The maximum Gasteiger partial charge on any atom is 0.305 e. The highest BCUT2D eigenvalue weighted by Crippen LogP contribution is 2.20. The van der Waals surface area contributed by atoms with E-state index < -0.39 is 109 Å². The summed E-state index contributed by atoms with van der Waals surface area (Å²) in [6, 6.07) is -7.83. The lowest BCUT2D eigenvalue weighted by Crippen LogP contribution is -2.60. The second-order valence-corrected chi connectivity index (χ2v) is 10.5. The van der Waals surface area contributed by atoms with Crippen molar-refractivity contribution in [1.29, 1.82) is 0 Å². The number of carbonyl (C=O) groups is 9. The summed E-state index contributed by atoms with van der Waals surface area (Å²) < 4.78 is 0. The summed E-state index contributed by atoms with van der Waals surface area (Å²) in [7, 11) is 0. The first-order valence-electron chi connectivity index (χ1n) is 13.5. The molecule has 0 aliphatic carbocycles. The Kier molecular flexibility index (Phi) is 14.2. The number of rotatable bonds is 17. The summed E-state index contributed by atoms with van der Waals surface area (Å²) in [6.45, 7) is 4.53. The van der Waals surface area contributed by atoms with Crippen LogP contribution in [0.25, 0.3) is 0 Å². The molecule has 240 valence electrons. The van der Waals surface area contributed by atoms with Crippen molar-refractivity contribution in [2.75, 3.05) is 6.54 Å². The fourth-order valence-corrected chi connectivity index (χ4v) is 4.27. The molecule has 43 heavy (non-hydrogen) atoms. The molecular formula is C25H40N8O10. The fraction of sp³-hybridized carbons (Fsp3) is 0.640. The van der Waals surface area contributed by atoms with E-state index in [-0.39, 0.29) is 19.3 Å². The number of nitrogens with one attached hydrogen (secondary N) is 4. The van der Waals surface area contributed by atoms with Gasteiger partial charge in [-0.25, -0.2) is 0 Å². The molecule has 1 fully saturated rings. The molecule has 1 aliphatic rings. The summed E-state index contributed by atoms with van der Waals surface area (Å²) in [5.41, 5.74) is 16.0. The van der Waals surface area contributed by atoms with Crippen molar-refractivity contribution in [2.24, 2.45) is 23.1 Å². The Morgan fingerprint density at radius 1 is 0.837 bits per heavy atom. The van der Waals surface area contributed by atoms with E-state index in [2.05, 4.69) is 21.3 Å². The predicted octanol–water partition coefficient (Wildman–Crippen LogP) is -4.66. The average Bonchev–Trinajstić information content (AvgIpc) is 3.39. The predicted molar refractivity (Wildman–Crippen MR) is 147 cm³/mol. The van der Waals surface area contributed by atoms with Gasteiger partial charge in [-0.2, -0.15) is 0 Å². The summed E-state index contributed by atoms with van der Waals surface area (Å²) in [6.07, 6.45) is -1.22. The highest BCUT2D eigenvalue weighted by Gasteiger charge is 2.40. The van der Waals surface area contributed by atoms with Gasteiger partial charge >= 0.3 is 5.97 Å². The molecule has 1 rings (SSSR count). The van der Waals surface area contributed by atoms with Crippen LogP contribution in [0, 0.1) is 5.92 Å². The van der Waals surface area contributed by atoms with E-state index in [1.807, 2.05) is 0 Å². The van der Waals surface area contributed by atoms with Crippen LogP contribution in [0.5, 0.6) is 0 Å². The number of nitrogens with zero attached hydrogens (tertiary/aromatic N) is 1. The second kappa shape index (κ2) is 16.7. The van der Waals surface area contributed by atoms with Gasteiger partial charge in [0, 0.05) is 6.54 Å². The number of aliphatic carboxylic acids is 1. The largest absolute Gasteiger partial charge is 0.481 e. The molecule has 1 heterocycles. The van der Waals surface area contributed by atoms with Gasteiger partial charge in [0.2, 0.25) is 41.4 Å². The molecule has 0 aromatic carbocycles. The Bertz CT molecular complexity index is 1110. The zero-order chi connectivity index (χ0) is 33.0. The number of aldehydes is 1. The number of carboxylic acid groups (broad SMARTS) is 1. The average molecular weight is 613 g/mol. The number of likely N-dealkylation sites (tertiary alicyclic amines) is 1. The van der Waals surface area contributed by atoms with Crippen molar-refractivity contribution < 1.29 is 48.3 Å². The molecule has 1 aliphatic heterocycles. The van der Waals surface area contributed by atoms with Gasteiger partial charge < -0.3 is 53.3 Å². The second-order valence-electron chi connectivity index (χ2n) is 10.5. The Balaban J connectivity index is 3.12. The molecule has 0 spiro atoms. The standard InChI is InChI=1S/C25H40N8O10/c1-11(2)20(24(42)29-13(10-34)7-19(37)38)32-22(40)14(8-17(27)35)30-23(41)16-5-4-6-33(16)25(43)15(9-18(28)36)31-21(39)12(3)26/h10-16,20H,4-9,26H2,1-3H3,(H2,27,35)(H2,28,36)(H,29,42)(H,30,41)(H,31,39)(H,32,40)(H,37,38)/t12-,13-,14-,15-,16-,20-/m0/s1. The molecule has 18 heteroatoms. The van der Waals surface area contributed by atoms with Crippen molar-refractivity contribution in [1.82, 2.24) is 26.2 Å². The Morgan fingerprint density at radius 2 is 1.42 bits per heavy atom. The molecule has 0 unspecified atom stereocenters. The van der Waals surface area contributed by atoms with Crippen LogP contribution in [0.1, 0.15) is 52.9 Å². The molecule has 6 atom stereocenters. The van der Waals surface area contributed by atoms with Gasteiger partial charge in [-0.05, 0) is 25.7 Å². The van der Waals surface area contributed by atoms with Crippen LogP contribution in [0.2, 0.25) is 0 Å². The summed E-state index contributed by atoms with van der Waals surface area (Å²) in [4.78, 5) is 111. The SMILES string of the molecule is CC(C)[C@H](NC(=O)[C@H](CC(N)=O)NC(=O)[C@@H]1CCCN1C(=O)[C@H](CC(N)=O)NC(=O)[C@H](C)N)C(=O)N[C@H](C=O)CC(=O)O. The molecular weight excluding hydrogens is 572 g/mol. The summed E-state index contributed by atoms with van der Waals surface area (Å²) in [5, 5.41) is 18.2. The van der Waals surface area contributed by atoms with Crippen LogP contribution in [0.15, 0.2) is 0 Å². The monoisotopic (exact) mass is 612 g/mol. The lowest BCUT2D eigenvalue weighted by molar-refractivity contribution is -0.143. The van der Waals surface area contributed by atoms with Gasteiger partial charge in [-0.3, -0.25) is 38.4 Å². The van der Waals surface area contributed by atoms with E-state index in [1.165, 1.54) is 6.92 Å². The van der Waals surface area contributed by atoms with Crippen molar-refractivity contribution in [3.05, 3.63) is 0 Å². The minimum atomic E-state index is -1.59. The number of hydrogen-bond acceptors (Lipinski definition) is 10. The minimum Gasteiger partial charge on any atom is -0.481 e. The number of hydrogen-bond donors (Lipinski definition) is 8. The summed E-state index contributed by atoms with van der Waals surface area (Å²) >= 11 is 0. The Labute approximate surface area is 247 Å². The third-order valence-electron chi connectivity index (χ3n) is 6.44. The highest BCUT2D eigenvalue weighted by molar-refractivity contribution is 5.98. The normalized spacial score (nSPS) is 17.9. The zero-order valence-electron chi connectivity index (χ0n) is 24.2. The highest BCUT2D eigenvalue weighted by atomic mass is 16.4. The zero-order valence-corrected chi connectivity index (χ0v) is 24.2. The first-order valence-corrected chi connectivity index (χ1v) is 13.5. The molecule has 1 saturated heterocycles. The lowest BCUT2D eigenvalue weighted by Gasteiger charge is -2.30. The first kappa shape index (κ1) is 36.4. The van der Waals surface area contributed by atoms with Crippen molar-refractivity contribution in [2.45, 2.75) is 89.1 Å². The quantitative estimate of drug-likeness (QED) is 0.0722. The van der Waals surface area contributed by atoms with Gasteiger partial charge in [0.25, 0.3) is 0 Å². The topological polar surface area (TPSA) is 303 Å². The molecule has 0 aromatic heterocycles. The van der Waals surface area contributed by atoms with Gasteiger partial charge in [0.1, 0.15) is 30.5 Å². The Hall–Kier alpha value is -4.61. The van der Waals surface area contributed by atoms with E-state index in [9.17, 15) is 43.2 Å². The van der Waals surface area contributed by atoms with E-state index in [4.69, 9.17) is 22.3 Å². The molecule has 11 N–H and O–H groups in total. The fourth-order valence-electron chi connectivity index (χ4n) is 4.27. The number of carbonyl (C=O) groups excluding carboxylic acids is 8. The molecule has 0 bridgehead atoms. The number of carboxylic acids is 1. The van der Waals surface area contributed by atoms with Crippen LogP contribution in [-0.4, -0.2) is 106 Å². The smallest absolute Gasteiger partial charge is 0.305 e. The number of nitrogens with two attached hydrogens (primary N) is 3. The van der Waals surface area contributed by atoms with Gasteiger partial charge in [-0.1, -0.05) is 13.8 Å². The van der Waals surface area contributed by atoms with Gasteiger partial charge in [-0.15, -0.1) is 0 Å². The van der Waals surface area contributed by atoms with E-state index >= 15 is 0 Å². The van der Waals surface area contributed by atoms with Crippen LogP contribution in [0.4, 0.5) is 0 Å². The third-order valence-corrected chi connectivity index (χ3v) is 6.44. The molecule has 0 aromatic rings. The van der Waals surface area contributed by atoms with Crippen LogP contribution in [-0.2, 0) is 43.2 Å². The van der Waals surface area contributed by atoms with Crippen molar-refractivity contribution in [3.63, 3.8) is 0 Å².